The molecule has 5 rings (SSSR count). The van der Waals surface area contributed by atoms with Gasteiger partial charge in [0.25, 0.3) is 5.91 Å². The minimum Gasteiger partial charge on any atom is -0.497 e. The summed E-state index contributed by atoms with van der Waals surface area (Å²) in [6.07, 6.45) is 0.657. The molecule has 0 bridgehead atoms. The van der Waals surface area contributed by atoms with Gasteiger partial charge in [-0.2, -0.15) is 10.1 Å². The number of hydrogen-bond donors (Lipinski definition) is 1. The lowest BCUT2D eigenvalue weighted by molar-refractivity contribution is -0.121. The highest BCUT2D eigenvalue weighted by molar-refractivity contribution is 8.15. The van der Waals surface area contributed by atoms with E-state index in [-0.39, 0.29) is 24.3 Å². The number of nitrogens with zero attached hydrogens (tertiary/aromatic N) is 3. The number of methoxy groups -OCH3 is 2. The van der Waals surface area contributed by atoms with Crippen molar-refractivity contribution in [3.8, 4) is 11.5 Å². The van der Waals surface area contributed by atoms with Crippen LogP contribution in [0.5, 0.6) is 11.5 Å². The molecule has 1 N–H and O–H groups in total. The molecule has 3 aromatic rings. The van der Waals surface area contributed by atoms with E-state index in [0.717, 1.165) is 45.2 Å². The Morgan fingerprint density at radius 3 is 2.31 bits per heavy atom. The van der Waals surface area contributed by atoms with Gasteiger partial charge in [-0.1, -0.05) is 41.6 Å². The number of aryl methyl sites for hydroxylation is 2. The molecule has 9 heteroatoms. The molecule has 2 aliphatic heterocycles. The van der Waals surface area contributed by atoms with Crippen LogP contribution in [0.25, 0.3) is 0 Å². The van der Waals surface area contributed by atoms with Crippen molar-refractivity contribution in [1.29, 1.82) is 0 Å². The highest BCUT2D eigenvalue weighted by Gasteiger charge is 2.39. The van der Waals surface area contributed by atoms with Crippen molar-refractivity contribution in [1.82, 2.24) is 5.01 Å². The second kappa shape index (κ2) is 11.3. The van der Waals surface area contributed by atoms with Crippen LogP contribution in [0.15, 0.2) is 76.8 Å². The molecule has 0 aliphatic carbocycles. The van der Waals surface area contributed by atoms with Gasteiger partial charge in [0.05, 0.1) is 26.0 Å². The van der Waals surface area contributed by atoms with Crippen LogP contribution in [0.4, 0.5) is 5.69 Å². The van der Waals surface area contributed by atoms with Crippen LogP contribution in [0.3, 0.4) is 0 Å². The number of anilines is 1. The SMILES string of the molecule is COc1ccc(C2=NN(C3=NC(=O)[C@@H](CC(=O)Nc4ccc(C)cc4C)S3)[C@@H](c3ccc(OC)cc3)C2)cc1. The first-order chi connectivity index (χ1) is 18.8. The molecule has 2 atom stereocenters. The zero-order valence-electron chi connectivity index (χ0n) is 22.3. The fourth-order valence-corrected chi connectivity index (χ4v) is 5.72. The lowest BCUT2D eigenvalue weighted by Crippen LogP contribution is -2.25. The molecular weight excluding hydrogens is 512 g/mol. The summed E-state index contributed by atoms with van der Waals surface area (Å²) < 4.78 is 10.6. The molecule has 0 saturated heterocycles. The molecule has 2 heterocycles. The van der Waals surface area contributed by atoms with Gasteiger partial charge < -0.3 is 14.8 Å². The number of carbonyl (C=O) groups excluding carboxylic acids is 2. The Morgan fingerprint density at radius 1 is 1.00 bits per heavy atom. The number of amides is 2. The zero-order valence-corrected chi connectivity index (χ0v) is 23.1. The van der Waals surface area contributed by atoms with Crippen LogP contribution in [0.2, 0.25) is 0 Å². The predicted molar refractivity (Wildman–Crippen MR) is 155 cm³/mol. The number of carbonyl (C=O) groups is 2. The molecule has 3 aromatic carbocycles. The van der Waals surface area contributed by atoms with Gasteiger partial charge in [-0.3, -0.25) is 9.59 Å². The average Bonchev–Trinajstić information content (AvgIpc) is 3.54. The number of hydrazone groups is 1. The minimum absolute atomic E-state index is 0.0277. The Bertz CT molecular complexity index is 1450. The third kappa shape index (κ3) is 5.83. The van der Waals surface area contributed by atoms with E-state index < -0.39 is 5.25 Å². The summed E-state index contributed by atoms with van der Waals surface area (Å²) in [4.78, 5) is 30.1. The van der Waals surface area contributed by atoms with Crippen LogP contribution in [-0.4, -0.2) is 47.2 Å². The van der Waals surface area contributed by atoms with Crippen molar-refractivity contribution in [2.75, 3.05) is 19.5 Å². The van der Waals surface area contributed by atoms with E-state index in [4.69, 9.17) is 14.6 Å². The van der Waals surface area contributed by atoms with E-state index in [1.807, 2.05) is 85.6 Å². The van der Waals surface area contributed by atoms with Crippen molar-refractivity contribution in [2.24, 2.45) is 10.1 Å². The Labute approximate surface area is 232 Å². The molecule has 0 aromatic heterocycles. The summed E-state index contributed by atoms with van der Waals surface area (Å²) in [5.41, 5.74) is 5.72. The summed E-state index contributed by atoms with van der Waals surface area (Å²) in [6.45, 7) is 3.95. The molecule has 0 radical (unpaired) electrons. The molecule has 0 saturated carbocycles. The number of thioether (sulfide) groups is 1. The summed E-state index contributed by atoms with van der Waals surface area (Å²) in [5, 5.41) is 9.54. The lowest BCUT2D eigenvalue weighted by atomic mass is 9.98. The highest BCUT2D eigenvalue weighted by Crippen LogP contribution is 2.39. The van der Waals surface area contributed by atoms with E-state index >= 15 is 0 Å². The number of ether oxygens (including phenoxy) is 2. The van der Waals surface area contributed by atoms with Gasteiger partial charge in [0, 0.05) is 18.5 Å². The maximum Gasteiger partial charge on any atom is 0.262 e. The number of amidine groups is 1. The monoisotopic (exact) mass is 542 g/mol. The summed E-state index contributed by atoms with van der Waals surface area (Å²) in [6, 6.07) is 21.3. The van der Waals surface area contributed by atoms with Gasteiger partial charge in [0.1, 0.15) is 16.7 Å². The zero-order chi connectivity index (χ0) is 27.5. The Morgan fingerprint density at radius 2 is 1.67 bits per heavy atom. The number of nitrogens with one attached hydrogen (secondary N) is 1. The molecule has 39 heavy (non-hydrogen) atoms. The van der Waals surface area contributed by atoms with Gasteiger partial charge in [-0.25, -0.2) is 5.01 Å². The summed E-state index contributed by atoms with van der Waals surface area (Å²) >= 11 is 1.28. The molecular formula is C30H30N4O4S. The molecule has 2 aliphatic rings. The standard InChI is InChI=1S/C30H30N4O4S/c1-18-5-14-24(19(2)15-18)31-28(35)17-27-29(36)32-30(39-27)34-26(21-8-12-23(38-4)13-9-21)16-25(33-34)20-6-10-22(37-3)11-7-20/h5-15,26-27H,16-17H2,1-4H3,(H,31,35)/t26-,27-/m1/s1. The van der Waals surface area contributed by atoms with Crippen molar-refractivity contribution < 1.29 is 19.1 Å². The normalized spacial score (nSPS) is 18.6. The van der Waals surface area contributed by atoms with Gasteiger partial charge in [-0.05, 0) is 73.0 Å². The van der Waals surface area contributed by atoms with Crippen LogP contribution >= 0.6 is 11.8 Å². The second-order valence-corrected chi connectivity index (χ2v) is 10.7. The van der Waals surface area contributed by atoms with E-state index in [1.54, 1.807) is 14.2 Å². The van der Waals surface area contributed by atoms with Crippen molar-refractivity contribution >= 4 is 40.1 Å². The Hall–Kier alpha value is -4.11. The smallest absolute Gasteiger partial charge is 0.262 e. The molecule has 8 nitrogen and oxygen atoms in total. The first-order valence-electron chi connectivity index (χ1n) is 12.7. The van der Waals surface area contributed by atoms with Gasteiger partial charge in [0.2, 0.25) is 5.91 Å². The molecule has 200 valence electrons. The van der Waals surface area contributed by atoms with Crippen LogP contribution in [0.1, 0.15) is 41.1 Å². The maximum atomic E-state index is 12.9. The molecule has 0 fully saturated rings. The topological polar surface area (TPSA) is 92.6 Å². The fraction of sp³-hybridized carbons (Fsp3) is 0.267. The second-order valence-electron chi connectivity index (χ2n) is 9.52. The van der Waals surface area contributed by atoms with Crippen LogP contribution in [0, 0.1) is 13.8 Å². The Balaban J connectivity index is 1.35. The van der Waals surface area contributed by atoms with Crippen molar-refractivity contribution in [3.63, 3.8) is 0 Å². The number of benzene rings is 3. The van der Waals surface area contributed by atoms with E-state index in [1.165, 1.54) is 11.8 Å². The first-order valence-corrected chi connectivity index (χ1v) is 13.5. The van der Waals surface area contributed by atoms with Gasteiger partial charge >= 0.3 is 0 Å². The van der Waals surface area contributed by atoms with E-state index in [2.05, 4.69) is 10.3 Å². The predicted octanol–water partition coefficient (Wildman–Crippen LogP) is 5.50. The largest absolute Gasteiger partial charge is 0.497 e. The Kier molecular flexibility index (Phi) is 7.70. The molecule has 0 spiro atoms. The van der Waals surface area contributed by atoms with Gasteiger partial charge in [-0.15, -0.1) is 0 Å². The molecule has 2 amide bonds. The molecule has 0 unspecified atom stereocenters. The minimum atomic E-state index is -0.609. The van der Waals surface area contributed by atoms with Crippen molar-refractivity contribution in [3.05, 3.63) is 89.0 Å². The quantitative estimate of drug-likeness (QED) is 0.424. The highest BCUT2D eigenvalue weighted by atomic mass is 32.2. The van der Waals surface area contributed by atoms with Gasteiger partial charge in [0.15, 0.2) is 5.17 Å². The van der Waals surface area contributed by atoms with Crippen LogP contribution < -0.4 is 14.8 Å². The van der Waals surface area contributed by atoms with E-state index in [9.17, 15) is 9.59 Å². The maximum absolute atomic E-state index is 12.9. The number of hydrogen-bond acceptors (Lipinski definition) is 7. The third-order valence-electron chi connectivity index (χ3n) is 6.79. The summed E-state index contributed by atoms with van der Waals surface area (Å²) in [7, 11) is 3.27. The van der Waals surface area contributed by atoms with Crippen molar-refractivity contribution in [2.45, 2.75) is 38.0 Å². The number of rotatable bonds is 7. The fourth-order valence-electron chi connectivity index (χ4n) is 4.66. The first kappa shape index (κ1) is 26.5. The summed E-state index contributed by atoms with van der Waals surface area (Å²) in [5.74, 6) is 0.980. The van der Waals surface area contributed by atoms with E-state index in [0.29, 0.717) is 11.6 Å². The third-order valence-corrected chi connectivity index (χ3v) is 7.93. The average molecular weight is 543 g/mol. The lowest BCUT2D eigenvalue weighted by Gasteiger charge is -2.23. The number of aliphatic imine (C=N–C) groups is 1. The van der Waals surface area contributed by atoms with Crippen LogP contribution in [-0.2, 0) is 9.59 Å².